The Kier molecular flexibility index (Phi) is 6.85. The normalized spacial score (nSPS) is 19.0. The van der Waals surface area contributed by atoms with Crippen molar-refractivity contribution in [3.8, 4) is 0 Å². The highest BCUT2D eigenvalue weighted by atomic mass is 79.9. The molecule has 0 radical (unpaired) electrons. The largest absolute Gasteiger partial charge is 0.362 e. The van der Waals surface area contributed by atoms with Crippen LogP contribution in [0.2, 0.25) is 0 Å². The number of nitrogens with zero attached hydrogens (tertiary/aromatic N) is 3. The lowest BCUT2D eigenvalue weighted by molar-refractivity contribution is 0.323. The smallest absolute Gasteiger partial charge is 0.225 e. The Labute approximate surface area is 187 Å². The second-order valence-corrected chi connectivity index (χ2v) is 9.22. The average Bonchev–Trinajstić information content (AvgIpc) is 2.75. The topological polar surface area (TPSA) is 53.1 Å². The minimum absolute atomic E-state index is 0.445. The zero-order valence-corrected chi connectivity index (χ0v) is 19.3. The first-order valence-corrected chi connectivity index (χ1v) is 11.5. The second-order valence-electron chi connectivity index (χ2n) is 8.37. The number of hydrogen-bond acceptors (Lipinski definition) is 5. The molecule has 0 spiro atoms. The molecule has 0 aliphatic heterocycles. The lowest BCUT2D eigenvalue weighted by atomic mass is 9.86. The van der Waals surface area contributed by atoms with Crippen LogP contribution in [0.4, 0.5) is 11.8 Å². The van der Waals surface area contributed by atoms with Crippen molar-refractivity contribution in [3.05, 3.63) is 58.6 Å². The van der Waals surface area contributed by atoms with Gasteiger partial charge in [0.05, 0.1) is 5.52 Å². The van der Waals surface area contributed by atoms with Gasteiger partial charge in [-0.2, -0.15) is 4.98 Å². The predicted octanol–water partition coefficient (Wildman–Crippen LogP) is 5.22. The van der Waals surface area contributed by atoms with E-state index in [-0.39, 0.29) is 0 Å². The molecule has 1 aliphatic carbocycles. The quantitative estimate of drug-likeness (QED) is 0.498. The summed E-state index contributed by atoms with van der Waals surface area (Å²) in [7, 11) is 4.06. The van der Waals surface area contributed by atoms with Crippen LogP contribution in [-0.2, 0) is 6.54 Å². The van der Waals surface area contributed by atoms with Crippen LogP contribution in [-0.4, -0.2) is 36.6 Å². The number of nitrogens with one attached hydrogen (secondary N) is 2. The van der Waals surface area contributed by atoms with Gasteiger partial charge in [0.2, 0.25) is 5.95 Å². The maximum atomic E-state index is 4.79. The molecule has 158 valence electrons. The molecule has 0 amide bonds. The maximum Gasteiger partial charge on any atom is 0.225 e. The molecule has 1 saturated carbocycles. The molecule has 30 heavy (non-hydrogen) atoms. The molecule has 2 aromatic carbocycles. The minimum Gasteiger partial charge on any atom is -0.362 e. The fourth-order valence-corrected chi connectivity index (χ4v) is 4.64. The van der Waals surface area contributed by atoms with E-state index in [1.165, 1.54) is 22.9 Å². The molecule has 0 bridgehead atoms. The van der Waals surface area contributed by atoms with Crippen LogP contribution in [0, 0.1) is 5.92 Å². The summed E-state index contributed by atoms with van der Waals surface area (Å²) in [5.41, 5.74) is 2.31. The van der Waals surface area contributed by atoms with Gasteiger partial charge in [-0.05, 0) is 61.9 Å². The van der Waals surface area contributed by atoms with Crippen molar-refractivity contribution >= 4 is 38.6 Å². The Morgan fingerprint density at radius 2 is 1.70 bits per heavy atom. The molecule has 2 N–H and O–H groups in total. The summed E-state index contributed by atoms with van der Waals surface area (Å²) in [5.74, 6) is 2.45. The average molecular weight is 468 g/mol. The van der Waals surface area contributed by atoms with Gasteiger partial charge >= 0.3 is 0 Å². The molecule has 5 nitrogen and oxygen atoms in total. The second kappa shape index (κ2) is 9.75. The SMILES string of the molecule is CN(C)c1nc(NC2CCC(CNCc3ccccc3Br)CC2)nc2ccccc12. The third-order valence-electron chi connectivity index (χ3n) is 5.89. The number of hydrogen-bond donors (Lipinski definition) is 2. The fraction of sp³-hybridized carbons (Fsp3) is 0.417. The third kappa shape index (κ3) is 5.10. The highest BCUT2D eigenvalue weighted by Crippen LogP contribution is 2.28. The van der Waals surface area contributed by atoms with Crippen LogP contribution in [0.5, 0.6) is 0 Å². The summed E-state index contributed by atoms with van der Waals surface area (Å²) >= 11 is 3.63. The fourth-order valence-electron chi connectivity index (χ4n) is 4.21. The van der Waals surface area contributed by atoms with Crippen molar-refractivity contribution in [1.82, 2.24) is 15.3 Å². The van der Waals surface area contributed by atoms with Gasteiger partial charge in [0.25, 0.3) is 0 Å². The van der Waals surface area contributed by atoms with Crippen LogP contribution in [0.3, 0.4) is 0 Å². The van der Waals surface area contributed by atoms with E-state index < -0.39 is 0 Å². The van der Waals surface area contributed by atoms with Gasteiger partial charge in [0, 0.05) is 36.5 Å². The molecule has 0 unspecified atom stereocenters. The van der Waals surface area contributed by atoms with Crippen LogP contribution >= 0.6 is 15.9 Å². The molecule has 6 heteroatoms. The maximum absolute atomic E-state index is 4.79. The van der Waals surface area contributed by atoms with Gasteiger partial charge in [-0.15, -0.1) is 0 Å². The van der Waals surface area contributed by atoms with E-state index in [2.05, 4.69) is 67.9 Å². The van der Waals surface area contributed by atoms with Gasteiger partial charge in [-0.3, -0.25) is 0 Å². The van der Waals surface area contributed by atoms with Crippen LogP contribution in [0.15, 0.2) is 53.0 Å². The highest BCUT2D eigenvalue weighted by molar-refractivity contribution is 9.10. The van der Waals surface area contributed by atoms with Crippen LogP contribution < -0.4 is 15.5 Å². The molecular formula is C24H30BrN5. The Morgan fingerprint density at radius 3 is 2.47 bits per heavy atom. The van der Waals surface area contributed by atoms with E-state index in [1.54, 1.807) is 0 Å². The predicted molar refractivity (Wildman–Crippen MR) is 129 cm³/mol. The first-order valence-electron chi connectivity index (χ1n) is 10.7. The lowest BCUT2D eigenvalue weighted by Crippen LogP contribution is -2.31. The van der Waals surface area contributed by atoms with E-state index in [0.29, 0.717) is 6.04 Å². The number of halogens is 1. The first-order chi connectivity index (χ1) is 14.6. The minimum atomic E-state index is 0.445. The summed E-state index contributed by atoms with van der Waals surface area (Å²) in [6.45, 7) is 1.99. The van der Waals surface area contributed by atoms with Crippen molar-refractivity contribution in [2.24, 2.45) is 5.92 Å². The Hall–Kier alpha value is -2.18. The number of aromatic nitrogens is 2. The Morgan fingerprint density at radius 1 is 0.967 bits per heavy atom. The van der Waals surface area contributed by atoms with Gasteiger partial charge in [0.1, 0.15) is 5.82 Å². The number of fused-ring (bicyclic) bond motifs is 1. The summed E-state index contributed by atoms with van der Waals surface area (Å²) in [6, 6.07) is 17.1. The van der Waals surface area contributed by atoms with Crippen molar-refractivity contribution in [3.63, 3.8) is 0 Å². The zero-order chi connectivity index (χ0) is 20.9. The monoisotopic (exact) mass is 467 g/mol. The number of para-hydroxylation sites is 1. The van der Waals surface area contributed by atoms with Crippen LogP contribution in [0.25, 0.3) is 10.9 Å². The van der Waals surface area contributed by atoms with Crippen LogP contribution in [0.1, 0.15) is 31.2 Å². The van der Waals surface area contributed by atoms with Crippen molar-refractivity contribution in [2.45, 2.75) is 38.3 Å². The third-order valence-corrected chi connectivity index (χ3v) is 6.67. The molecule has 1 heterocycles. The summed E-state index contributed by atoms with van der Waals surface area (Å²) in [5, 5.41) is 8.33. The van der Waals surface area contributed by atoms with Gasteiger partial charge in [-0.1, -0.05) is 46.3 Å². The Bertz CT molecular complexity index is 982. The molecule has 0 atom stereocenters. The van der Waals surface area contributed by atoms with Gasteiger partial charge < -0.3 is 15.5 Å². The summed E-state index contributed by atoms with van der Waals surface area (Å²) in [4.78, 5) is 11.6. The van der Waals surface area contributed by atoms with E-state index >= 15 is 0 Å². The van der Waals surface area contributed by atoms with Gasteiger partial charge in [-0.25, -0.2) is 4.98 Å². The highest BCUT2D eigenvalue weighted by Gasteiger charge is 2.22. The van der Waals surface area contributed by atoms with Crippen molar-refractivity contribution in [2.75, 3.05) is 30.9 Å². The first kappa shape index (κ1) is 21.1. The van der Waals surface area contributed by atoms with E-state index in [9.17, 15) is 0 Å². The summed E-state index contributed by atoms with van der Waals surface area (Å²) < 4.78 is 1.18. The Balaban J connectivity index is 1.30. The van der Waals surface area contributed by atoms with E-state index in [0.717, 1.165) is 54.5 Å². The molecule has 1 fully saturated rings. The van der Waals surface area contributed by atoms with Crippen molar-refractivity contribution in [1.29, 1.82) is 0 Å². The number of anilines is 2. The standard InChI is InChI=1S/C24H30BrN5/c1-30(2)23-20-8-4-6-10-22(20)28-24(29-23)27-19-13-11-17(12-14-19)15-26-16-18-7-3-5-9-21(18)25/h3-10,17,19,26H,11-16H2,1-2H3,(H,27,28,29). The van der Waals surface area contributed by atoms with E-state index in [1.807, 2.05) is 26.2 Å². The zero-order valence-electron chi connectivity index (χ0n) is 17.7. The number of benzene rings is 2. The summed E-state index contributed by atoms with van der Waals surface area (Å²) in [6.07, 6.45) is 4.78. The molecule has 4 rings (SSSR count). The lowest BCUT2D eigenvalue weighted by Gasteiger charge is -2.29. The molecule has 3 aromatic rings. The number of rotatable bonds is 7. The molecule has 1 aromatic heterocycles. The van der Waals surface area contributed by atoms with Crippen molar-refractivity contribution < 1.29 is 0 Å². The van der Waals surface area contributed by atoms with Gasteiger partial charge in [0.15, 0.2) is 0 Å². The molecule has 1 aliphatic rings. The van der Waals surface area contributed by atoms with E-state index in [4.69, 9.17) is 9.97 Å². The molecular weight excluding hydrogens is 438 g/mol. The molecule has 0 saturated heterocycles.